The standard InChI is InChI=1S/C21H24N2O4/c1-14(2)12-18(21(26)27)22-19(24)15-8-7-9-16(13-15)20(25)23(3)17-10-5-4-6-11-17/h4-11,13-14,18H,12H2,1-3H3,(H,22,24)(H,26,27)/t18-/m0/s1. The number of carbonyl (C=O) groups is 3. The lowest BCUT2D eigenvalue weighted by Gasteiger charge is -2.18. The largest absolute Gasteiger partial charge is 0.480 e. The highest BCUT2D eigenvalue weighted by atomic mass is 16.4. The van der Waals surface area contributed by atoms with Gasteiger partial charge in [-0.2, -0.15) is 0 Å². The SMILES string of the molecule is CC(C)C[C@H](NC(=O)c1cccc(C(=O)N(C)c2ccccc2)c1)C(=O)O. The second kappa shape index (κ2) is 8.98. The van der Waals surface area contributed by atoms with Gasteiger partial charge in [0.1, 0.15) is 6.04 Å². The Hall–Kier alpha value is -3.15. The molecule has 0 aliphatic rings. The maximum atomic E-state index is 12.7. The van der Waals surface area contributed by atoms with Crippen LogP contribution in [0, 0.1) is 5.92 Å². The highest BCUT2D eigenvalue weighted by Gasteiger charge is 2.22. The number of hydrogen-bond donors (Lipinski definition) is 2. The van der Waals surface area contributed by atoms with E-state index in [1.54, 1.807) is 25.2 Å². The van der Waals surface area contributed by atoms with Crippen LogP contribution < -0.4 is 10.2 Å². The molecule has 0 aromatic heterocycles. The predicted molar refractivity (Wildman–Crippen MR) is 104 cm³/mol. The molecule has 142 valence electrons. The molecule has 0 unspecified atom stereocenters. The molecule has 0 fully saturated rings. The Labute approximate surface area is 158 Å². The summed E-state index contributed by atoms with van der Waals surface area (Å²) in [5.41, 5.74) is 1.34. The minimum Gasteiger partial charge on any atom is -0.480 e. The summed E-state index contributed by atoms with van der Waals surface area (Å²) in [5, 5.41) is 11.8. The zero-order valence-corrected chi connectivity index (χ0v) is 15.7. The first-order chi connectivity index (χ1) is 12.8. The van der Waals surface area contributed by atoms with Crippen molar-refractivity contribution in [1.29, 1.82) is 0 Å². The van der Waals surface area contributed by atoms with E-state index in [-0.39, 0.29) is 17.4 Å². The van der Waals surface area contributed by atoms with Gasteiger partial charge in [0.2, 0.25) is 0 Å². The fourth-order valence-electron chi connectivity index (χ4n) is 2.69. The number of para-hydroxylation sites is 1. The Balaban J connectivity index is 2.17. The van der Waals surface area contributed by atoms with Crippen LogP contribution in [-0.4, -0.2) is 36.0 Å². The average molecular weight is 368 g/mol. The summed E-state index contributed by atoms with van der Waals surface area (Å²) in [7, 11) is 1.66. The Morgan fingerprint density at radius 1 is 1.00 bits per heavy atom. The lowest BCUT2D eigenvalue weighted by atomic mass is 10.0. The van der Waals surface area contributed by atoms with Gasteiger partial charge in [-0.3, -0.25) is 9.59 Å². The second-order valence-electron chi connectivity index (χ2n) is 6.77. The smallest absolute Gasteiger partial charge is 0.326 e. The highest BCUT2D eigenvalue weighted by Crippen LogP contribution is 2.16. The first kappa shape index (κ1) is 20.2. The third kappa shape index (κ3) is 5.41. The number of benzene rings is 2. The molecule has 27 heavy (non-hydrogen) atoms. The van der Waals surface area contributed by atoms with Crippen molar-refractivity contribution in [3.8, 4) is 0 Å². The lowest BCUT2D eigenvalue weighted by molar-refractivity contribution is -0.139. The van der Waals surface area contributed by atoms with Crippen LogP contribution in [0.15, 0.2) is 54.6 Å². The molecule has 0 heterocycles. The zero-order chi connectivity index (χ0) is 20.0. The minimum atomic E-state index is -1.08. The van der Waals surface area contributed by atoms with Crippen molar-refractivity contribution in [3.05, 3.63) is 65.7 Å². The van der Waals surface area contributed by atoms with Crippen molar-refractivity contribution in [2.75, 3.05) is 11.9 Å². The molecule has 0 saturated carbocycles. The second-order valence-corrected chi connectivity index (χ2v) is 6.77. The average Bonchev–Trinajstić information content (AvgIpc) is 2.66. The number of nitrogens with zero attached hydrogens (tertiary/aromatic N) is 1. The van der Waals surface area contributed by atoms with E-state index in [9.17, 15) is 19.5 Å². The predicted octanol–water partition coefficient (Wildman–Crippen LogP) is 3.19. The fraction of sp³-hybridized carbons (Fsp3) is 0.286. The van der Waals surface area contributed by atoms with Crippen molar-refractivity contribution in [2.45, 2.75) is 26.3 Å². The summed E-state index contributed by atoms with van der Waals surface area (Å²) in [6.45, 7) is 3.78. The topological polar surface area (TPSA) is 86.7 Å². The van der Waals surface area contributed by atoms with Crippen LogP contribution >= 0.6 is 0 Å². The van der Waals surface area contributed by atoms with Gasteiger partial charge in [0.25, 0.3) is 11.8 Å². The summed E-state index contributed by atoms with van der Waals surface area (Å²) < 4.78 is 0. The van der Waals surface area contributed by atoms with Gasteiger partial charge < -0.3 is 15.3 Å². The summed E-state index contributed by atoms with van der Waals surface area (Å²) in [6, 6.07) is 14.5. The molecule has 2 amide bonds. The van der Waals surface area contributed by atoms with Crippen LogP contribution in [-0.2, 0) is 4.79 Å². The molecule has 0 aliphatic carbocycles. The molecular formula is C21H24N2O4. The number of rotatable bonds is 7. The lowest BCUT2D eigenvalue weighted by Crippen LogP contribution is -2.41. The van der Waals surface area contributed by atoms with Crippen LogP contribution in [0.3, 0.4) is 0 Å². The molecule has 0 aliphatic heterocycles. The number of anilines is 1. The van der Waals surface area contributed by atoms with E-state index in [0.717, 1.165) is 5.69 Å². The van der Waals surface area contributed by atoms with Crippen LogP contribution in [0.1, 0.15) is 41.0 Å². The van der Waals surface area contributed by atoms with Gasteiger partial charge in [0.05, 0.1) is 0 Å². The summed E-state index contributed by atoms with van der Waals surface area (Å²) in [6.07, 6.45) is 0.330. The van der Waals surface area contributed by atoms with Crippen molar-refractivity contribution >= 4 is 23.5 Å². The van der Waals surface area contributed by atoms with Crippen molar-refractivity contribution < 1.29 is 19.5 Å². The Bertz CT molecular complexity index is 818. The minimum absolute atomic E-state index is 0.124. The molecule has 2 aromatic rings. The number of aliphatic carboxylic acids is 1. The van der Waals surface area contributed by atoms with Crippen LogP contribution in [0.4, 0.5) is 5.69 Å². The van der Waals surface area contributed by atoms with Crippen LogP contribution in [0.5, 0.6) is 0 Å². The zero-order valence-electron chi connectivity index (χ0n) is 15.7. The molecule has 0 radical (unpaired) electrons. The fourth-order valence-corrected chi connectivity index (χ4v) is 2.69. The van der Waals surface area contributed by atoms with E-state index in [1.165, 1.54) is 11.0 Å². The molecule has 2 N–H and O–H groups in total. The molecule has 0 spiro atoms. The molecule has 6 nitrogen and oxygen atoms in total. The van der Waals surface area contributed by atoms with E-state index >= 15 is 0 Å². The summed E-state index contributed by atoms with van der Waals surface area (Å²) in [5.74, 6) is -1.72. The molecule has 0 saturated heterocycles. The van der Waals surface area contributed by atoms with Crippen molar-refractivity contribution in [2.24, 2.45) is 5.92 Å². The highest BCUT2D eigenvalue weighted by molar-refractivity contribution is 6.07. The van der Waals surface area contributed by atoms with Crippen molar-refractivity contribution in [3.63, 3.8) is 0 Å². The number of amides is 2. The van der Waals surface area contributed by atoms with Gasteiger partial charge in [-0.25, -0.2) is 4.79 Å². The van der Waals surface area contributed by atoms with Gasteiger partial charge >= 0.3 is 5.97 Å². The third-order valence-corrected chi connectivity index (χ3v) is 4.13. The van der Waals surface area contributed by atoms with E-state index in [0.29, 0.717) is 12.0 Å². The van der Waals surface area contributed by atoms with Gasteiger partial charge in [0, 0.05) is 23.9 Å². The number of carboxylic acid groups (broad SMARTS) is 1. The number of carboxylic acids is 1. The molecule has 1 atom stereocenters. The quantitative estimate of drug-likeness (QED) is 0.786. The molecule has 2 aromatic carbocycles. The van der Waals surface area contributed by atoms with Gasteiger partial charge in [-0.05, 0) is 42.7 Å². The molecule has 2 rings (SSSR count). The number of hydrogen-bond acceptors (Lipinski definition) is 3. The Kier molecular flexibility index (Phi) is 6.71. The van der Waals surface area contributed by atoms with E-state index in [4.69, 9.17) is 0 Å². The summed E-state index contributed by atoms with van der Waals surface area (Å²) >= 11 is 0. The monoisotopic (exact) mass is 368 g/mol. The van der Waals surface area contributed by atoms with Gasteiger partial charge in [0.15, 0.2) is 0 Å². The first-order valence-corrected chi connectivity index (χ1v) is 8.76. The van der Waals surface area contributed by atoms with Crippen molar-refractivity contribution in [1.82, 2.24) is 5.32 Å². The maximum absolute atomic E-state index is 12.7. The summed E-state index contributed by atoms with van der Waals surface area (Å²) in [4.78, 5) is 38.0. The van der Waals surface area contributed by atoms with Gasteiger partial charge in [-0.1, -0.05) is 38.1 Å². The Morgan fingerprint density at radius 3 is 2.22 bits per heavy atom. The Morgan fingerprint density at radius 2 is 1.63 bits per heavy atom. The van der Waals surface area contributed by atoms with E-state index < -0.39 is 17.9 Å². The molecule has 6 heteroatoms. The maximum Gasteiger partial charge on any atom is 0.326 e. The van der Waals surface area contributed by atoms with Crippen LogP contribution in [0.25, 0.3) is 0 Å². The van der Waals surface area contributed by atoms with Gasteiger partial charge in [-0.15, -0.1) is 0 Å². The first-order valence-electron chi connectivity index (χ1n) is 8.76. The normalized spacial score (nSPS) is 11.7. The van der Waals surface area contributed by atoms with Crippen LogP contribution in [0.2, 0.25) is 0 Å². The molecule has 0 bridgehead atoms. The van der Waals surface area contributed by atoms with E-state index in [1.807, 2.05) is 44.2 Å². The number of carbonyl (C=O) groups excluding carboxylic acids is 2. The number of nitrogens with one attached hydrogen (secondary N) is 1. The van der Waals surface area contributed by atoms with E-state index in [2.05, 4.69) is 5.32 Å². The third-order valence-electron chi connectivity index (χ3n) is 4.13. The molecular weight excluding hydrogens is 344 g/mol.